The summed E-state index contributed by atoms with van der Waals surface area (Å²) in [6.45, 7) is -0.168. The fourth-order valence-electron chi connectivity index (χ4n) is 3.63. The lowest BCUT2D eigenvalue weighted by Crippen LogP contribution is -2.39. The van der Waals surface area contributed by atoms with Crippen molar-refractivity contribution in [2.75, 3.05) is 4.90 Å². The average Bonchev–Trinajstić information content (AvgIpc) is 3.46. The summed E-state index contributed by atoms with van der Waals surface area (Å²) in [6, 6.07) is 8.72. The maximum absolute atomic E-state index is 13.0. The molecule has 33 heavy (non-hydrogen) atoms. The van der Waals surface area contributed by atoms with Gasteiger partial charge in [-0.15, -0.1) is 0 Å². The van der Waals surface area contributed by atoms with E-state index in [1.807, 2.05) is 0 Å². The fourth-order valence-corrected chi connectivity index (χ4v) is 3.82. The van der Waals surface area contributed by atoms with E-state index < -0.39 is 35.6 Å². The molecule has 0 bridgehead atoms. The predicted molar refractivity (Wildman–Crippen MR) is 107 cm³/mol. The van der Waals surface area contributed by atoms with Crippen molar-refractivity contribution in [3.05, 3.63) is 65.0 Å². The zero-order chi connectivity index (χ0) is 23.3. The Balaban J connectivity index is 1.36. The van der Waals surface area contributed by atoms with Crippen molar-refractivity contribution in [1.82, 2.24) is 15.1 Å². The number of benzene rings is 2. The van der Waals surface area contributed by atoms with E-state index in [1.165, 1.54) is 23.2 Å². The second-order valence-electron chi connectivity index (χ2n) is 7.27. The van der Waals surface area contributed by atoms with Crippen LogP contribution >= 0.6 is 11.6 Å². The topological polar surface area (TPSA) is 104 Å². The second-order valence-corrected chi connectivity index (χ2v) is 7.71. The van der Waals surface area contributed by atoms with Crippen LogP contribution in [0.1, 0.15) is 11.5 Å². The van der Waals surface area contributed by atoms with Gasteiger partial charge in [0.05, 0.1) is 11.3 Å². The van der Waals surface area contributed by atoms with Gasteiger partial charge in [-0.05, 0) is 30.3 Å². The molecule has 2 aliphatic rings. The highest BCUT2D eigenvalue weighted by atomic mass is 35.5. The molecule has 3 aromatic rings. The molecular formula is C20H12ClF3N6O3. The number of fused-ring (bicyclic) bond motifs is 1. The molecule has 0 N–H and O–H groups in total. The van der Waals surface area contributed by atoms with Crippen LogP contribution in [0.3, 0.4) is 0 Å². The summed E-state index contributed by atoms with van der Waals surface area (Å²) in [7, 11) is 0. The van der Waals surface area contributed by atoms with Crippen molar-refractivity contribution >= 4 is 29.1 Å². The molecule has 3 heterocycles. The van der Waals surface area contributed by atoms with Crippen molar-refractivity contribution in [2.45, 2.75) is 24.8 Å². The predicted octanol–water partition coefficient (Wildman–Crippen LogP) is 3.90. The van der Waals surface area contributed by atoms with Crippen LogP contribution in [0.25, 0.3) is 11.4 Å². The van der Waals surface area contributed by atoms with Gasteiger partial charge in [0.2, 0.25) is 11.7 Å². The molecule has 2 aromatic carbocycles. The van der Waals surface area contributed by atoms with Crippen molar-refractivity contribution in [3.63, 3.8) is 0 Å². The quantitative estimate of drug-likeness (QED) is 0.529. The fraction of sp³-hybridized carbons (Fsp3) is 0.200. The van der Waals surface area contributed by atoms with E-state index in [9.17, 15) is 22.8 Å². The molecule has 0 radical (unpaired) electrons. The molecular weight excluding hydrogens is 465 g/mol. The first kappa shape index (κ1) is 21.1. The third kappa shape index (κ3) is 3.71. The summed E-state index contributed by atoms with van der Waals surface area (Å²) in [4.78, 5) is 30.8. The van der Waals surface area contributed by atoms with Gasteiger partial charge in [0.25, 0.3) is 11.8 Å². The van der Waals surface area contributed by atoms with E-state index in [2.05, 4.69) is 20.5 Å². The molecule has 1 saturated heterocycles. The van der Waals surface area contributed by atoms with Gasteiger partial charge in [-0.25, -0.2) is 4.90 Å². The van der Waals surface area contributed by atoms with E-state index >= 15 is 0 Å². The molecule has 2 aliphatic heterocycles. The first-order valence-electron chi connectivity index (χ1n) is 9.53. The molecule has 0 aliphatic carbocycles. The zero-order valence-electron chi connectivity index (χ0n) is 16.4. The monoisotopic (exact) mass is 476 g/mol. The van der Waals surface area contributed by atoms with E-state index in [0.29, 0.717) is 10.7 Å². The second kappa shape index (κ2) is 7.66. The summed E-state index contributed by atoms with van der Waals surface area (Å²) in [5, 5.41) is 13.1. The van der Waals surface area contributed by atoms with E-state index in [-0.39, 0.29) is 23.8 Å². The summed E-state index contributed by atoms with van der Waals surface area (Å²) in [5.41, 5.74) is -0.426. The summed E-state index contributed by atoms with van der Waals surface area (Å²) in [5.74, 6) is -1.16. The molecule has 13 heteroatoms. The zero-order valence-corrected chi connectivity index (χ0v) is 17.2. The molecule has 1 fully saturated rings. The summed E-state index contributed by atoms with van der Waals surface area (Å²) >= 11 is 5.97. The molecule has 5 rings (SSSR count). The van der Waals surface area contributed by atoms with Crippen molar-refractivity contribution in [1.29, 1.82) is 0 Å². The average molecular weight is 477 g/mol. The van der Waals surface area contributed by atoms with Gasteiger partial charge in [0, 0.05) is 10.6 Å². The first-order valence-corrected chi connectivity index (χ1v) is 9.91. The number of carbonyl (C=O) groups excluding carboxylic acids is 2. The van der Waals surface area contributed by atoms with E-state index in [0.717, 1.165) is 17.0 Å². The van der Waals surface area contributed by atoms with Crippen LogP contribution in [0.4, 0.5) is 18.9 Å². The minimum absolute atomic E-state index is 0.0107. The van der Waals surface area contributed by atoms with Gasteiger partial charge in [-0.3, -0.25) is 14.6 Å². The number of hydrogen-bond acceptors (Lipinski definition) is 8. The number of halogens is 4. The maximum atomic E-state index is 13.0. The molecule has 168 valence electrons. The van der Waals surface area contributed by atoms with Gasteiger partial charge < -0.3 is 4.52 Å². The van der Waals surface area contributed by atoms with Crippen LogP contribution in [0.2, 0.25) is 5.02 Å². The molecule has 0 saturated carbocycles. The minimum atomic E-state index is -4.52. The maximum Gasteiger partial charge on any atom is 0.416 e. The Kier molecular flexibility index (Phi) is 4.89. The first-order chi connectivity index (χ1) is 15.7. The Morgan fingerprint density at radius 3 is 2.61 bits per heavy atom. The van der Waals surface area contributed by atoms with Gasteiger partial charge in [-0.2, -0.15) is 23.3 Å². The van der Waals surface area contributed by atoms with Crippen LogP contribution in [0.15, 0.2) is 63.4 Å². The minimum Gasteiger partial charge on any atom is -0.337 e. The smallest absolute Gasteiger partial charge is 0.337 e. The molecule has 2 amide bonds. The number of carbonyl (C=O) groups is 2. The van der Waals surface area contributed by atoms with Gasteiger partial charge >= 0.3 is 6.18 Å². The number of aromatic nitrogens is 2. The molecule has 9 nitrogen and oxygen atoms in total. The highest BCUT2D eigenvalue weighted by Gasteiger charge is 2.55. The van der Waals surface area contributed by atoms with Crippen molar-refractivity contribution in [3.8, 4) is 11.4 Å². The van der Waals surface area contributed by atoms with E-state index in [1.54, 1.807) is 18.2 Å². The highest BCUT2D eigenvalue weighted by Crippen LogP contribution is 2.34. The number of imide groups is 1. The number of alkyl halides is 3. The Morgan fingerprint density at radius 1 is 1.06 bits per heavy atom. The number of hydrogen-bond donors (Lipinski definition) is 0. The lowest BCUT2D eigenvalue weighted by atomic mass is 10.1. The van der Waals surface area contributed by atoms with Crippen LogP contribution < -0.4 is 4.90 Å². The van der Waals surface area contributed by atoms with Crippen LogP contribution in [0, 0.1) is 0 Å². The Bertz CT molecular complexity index is 1290. The van der Waals surface area contributed by atoms with Gasteiger partial charge in [0.1, 0.15) is 6.54 Å². The number of nitrogens with zero attached hydrogens (tertiary/aromatic N) is 6. The standard InChI is InChI=1S/C20H12ClF3N6O3/c21-12-5-2-6-13(8-12)30-18(31)15-16(19(30)32)29(28-26-15)9-14-25-17(27-33-14)10-3-1-4-11(7-10)20(22,23)24/h1-8,15-16H,9H2/t15-,16-/m0/s1. The van der Waals surface area contributed by atoms with Crippen LogP contribution in [-0.2, 0) is 22.3 Å². The third-order valence-corrected chi connectivity index (χ3v) is 5.37. The summed E-state index contributed by atoms with van der Waals surface area (Å²) in [6.07, 6.45) is -4.52. The Hall–Kier alpha value is -3.80. The lowest BCUT2D eigenvalue weighted by Gasteiger charge is -2.19. The summed E-state index contributed by atoms with van der Waals surface area (Å²) < 4.78 is 44.0. The Labute approximate surface area is 188 Å². The number of amides is 2. The Morgan fingerprint density at radius 2 is 1.85 bits per heavy atom. The highest BCUT2D eigenvalue weighted by molar-refractivity contribution is 6.31. The van der Waals surface area contributed by atoms with Crippen LogP contribution in [-0.4, -0.2) is 39.0 Å². The number of anilines is 1. The molecule has 0 spiro atoms. The number of rotatable bonds is 4. The van der Waals surface area contributed by atoms with Crippen LogP contribution in [0.5, 0.6) is 0 Å². The third-order valence-electron chi connectivity index (χ3n) is 5.14. The van der Waals surface area contributed by atoms with Crippen molar-refractivity contribution < 1.29 is 27.3 Å². The SMILES string of the molecule is O=C1[C@H]2N=NN(Cc3nc(-c4cccc(C(F)(F)F)c4)no3)[C@@H]2C(=O)N1c1cccc(Cl)c1. The van der Waals surface area contributed by atoms with Crippen molar-refractivity contribution in [2.24, 2.45) is 10.3 Å². The normalized spacial score (nSPS) is 20.1. The lowest BCUT2D eigenvalue weighted by molar-refractivity contribution is -0.137. The van der Waals surface area contributed by atoms with Gasteiger partial charge in [0.15, 0.2) is 12.1 Å². The van der Waals surface area contributed by atoms with Gasteiger partial charge in [-0.1, -0.05) is 40.2 Å². The molecule has 2 atom stereocenters. The molecule has 1 aromatic heterocycles. The van der Waals surface area contributed by atoms with E-state index in [4.69, 9.17) is 16.1 Å². The largest absolute Gasteiger partial charge is 0.416 e. The molecule has 0 unspecified atom stereocenters.